The topological polar surface area (TPSA) is 35.8 Å². The number of nitrogens with one attached hydrogen (secondary N) is 1. The molecule has 0 aromatic carbocycles. The quantitative estimate of drug-likeness (QED) is 0.832. The van der Waals surface area contributed by atoms with Crippen LogP contribution in [0.4, 0.5) is 13.2 Å². The highest BCUT2D eigenvalue weighted by Gasteiger charge is 2.41. The van der Waals surface area contributed by atoms with Gasteiger partial charge in [-0.15, -0.1) is 0 Å². The van der Waals surface area contributed by atoms with Crippen LogP contribution in [0.3, 0.4) is 0 Å². The van der Waals surface area contributed by atoms with Crippen LogP contribution in [-0.2, 0) is 0 Å². The van der Waals surface area contributed by atoms with Crippen LogP contribution in [0.15, 0.2) is 0 Å². The van der Waals surface area contributed by atoms with E-state index in [-0.39, 0.29) is 18.0 Å². The van der Waals surface area contributed by atoms with E-state index >= 15 is 0 Å². The molecule has 5 heteroatoms. The van der Waals surface area contributed by atoms with E-state index in [1.165, 1.54) is 6.07 Å². The Morgan fingerprint density at radius 2 is 2.06 bits per heavy atom. The first-order chi connectivity index (χ1) is 7.77. The standard InChI is InChI=1S/C12H19F3N2/c1-11(2)6-4-3-5-10(11)17-8-9(7-16)12(13,14)15/h9-10,17H,3-6,8H2,1-2H3. The molecule has 98 valence electrons. The molecule has 1 fully saturated rings. The lowest BCUT2D eigenvalue weighted by Crippen LogP contribution is -2.47. The minimum atomic E-state index is -4.43. The van der Waals surface area contributed by atoms with Crippen molar-refractivity contribution in [2.75, 3.05) is 6.54 Å². The van der Waals surface area contributed by atoms with Crippen molar-refractivity contribution in [3.63, 3.8) is 0 Å². The minimum Gasteiger partial charge on any atom is -0.312 e. The fourth-order valence-corrected chi connectivity index (χ4v) is 2.37. The van der Waals surface area contributed by atoms with Gasteiger partial charge in [0.05, 0.1) is 6.07 Å². The number of hydrogen-bond donors (Lipinski definition) is 1. The van der Waals surface area contributed by atoms with Crippen LogP contribution in [-0.4, -0.2) is 18.8 Å². The van der Waals surface area contributed by atoms with Gasteiger partial charge < -0.3 is 5.32 Å². The van der Waals surface area contributed by atoms with Gasteiger partial charge in [-0.1, -0.05) is 26.7 Å². The molecule has 0 heterocycles. The lowest BCUT2D eigenvalue weighted by Gasteiger charge is -2.39. The fourth-order valence-electron chi connectivity index (χ4n) is 2.37. The zero-order chi connectivity index (χ0) is 13.1. The maximum atomic E-state index is 12.4. The molecule has 1 saturated carbocycles. The van der Waals surface area contributed by atoms with Crippen LogP contribution in [0.1, 0.15) is 39.5 Å². The molecule has 0 amide bonds. The Kier molecular flexibility index (Phi) is 4.42. The highest BCUT2D eigenvalue weighted by molar-refractivity contribution is 4.94. The van der Waals surface area contributed by atoms with Gasteiger partial charge >= 0.3 is 6.18 Å². The summed E-state index contributed by atoms with van der Waals surface area (Å²) in [5, 5.41) is 11.4. The van der Waals surface area contributed by atoms with E-state index < -0.39 is 12.1 Å². The number of halogens is 3. The Morgan fingerprint density at radius 3 is 2.53 bits per heavy atom. The molecule has 2 atom stereocenters. The molecule has 2 nitrogen and oxygen atoms in total. The Labute approximate surface area is 100 Å². The maximum Gasteiger partial charge on any atom is 0.405 e. The zero-order valence-corrected chi connectivity index (χ0v) is 10.3. The van der Waals surface area contributed by atoms with Gasteiger partial charge in [0.1, 0.15) is 0 Å². The molecule has 0 bridgehead atoms. The van der Waals surface area contributed by atoms with E-state index in [1.54, 1.807) is 0 Å². The average molecular weight is 248 g/mol. The van der Waals surface area contributed by atoms with Crippen molar-refractivity contribution in [1.82, 2.24) is 5.32 Å². The molecule has 0 radical (unpaired) electrons. The number of alkyl halides is 3. The SMILES string of the molecule is CC1(C)CCCCC1NCC(C#N)C(F)(F)F. The summed E-state index contributed by atoms with van der Waals surface area (Å²) < 4.78 is 37.2. The van der Waals surface area contributed by atoms with E-state index in [1.807, 2.05) is 0 Å². The molecule has 1 aliphatic rings. The molecular weight excluding hydrogens is 229 g/mol. The van der Waals surface area contributed by atoms with Crippen LogP contribution in [0.25, 0.3) is 0 Å². The number of nitriles is 1. The lowest BCUT2D eigenvalue weighted by molar-refractivity contribution is -0.158. The Morgan fingerprint density at radius 1 is 1.41 bits per heavy atom. The summed E-state index contributed by atoms with van der Waals surface area (Å²) in [6, 6.07) is 1.40. The first-order valence-corrected chi connectivity index (χ1v) is 5.97. The molecule has 1 rings (SSSR count). The predicted molar refractivity (Wildman–Crippen MR) is 59.2 cm³/mol. The molecule has 0 saturated heterocycles. The van der Waals surface area contributed by atoms with Crippen molar-refractivity contribution in [2.24, 2.45) is 11.3 Å². The summed E-state index contributed by atoms with van der Waals surface area (Å²) in [6.45, 7) is 3.84. The van der Waals surface area contributed by atoms with Crippen molar-refractivity contribution in [3.05, 3.63) is 0 Å². The van der Waals surface area contributed by atoms with E-state index in [0.717, 1.165) is 25.7 Å². The largest absolute Gasteiger partial charge is 0.405 e. The van der Waals surface area contributed by atoms with Crippen LogP contribution >= 0.6 is 0 Å². The Balaban J connectivity index is 2.52. The molecule has 0 aromatic rings. The molecule has 1 N–H and O–H groups in total. The van der Waals surface area contributed by atoms with Crippen molar-refractivity contribution in [3.8, 4) is 6.07 Å². The van der Waals surface area contributed by atoms with Gasteiger partial charge in [0.25, 0.3) is 0 Å². The predicted octanol–water partition coefficient (Wildman–Crippen LogP) is 3.25. The van der Waals surface area contributed by atoms with Gasteiger partial charge in [0, 0.05) is 12.6 Å². The molecule has 0 aromatic heterocycles. The van der Waals surface area contributed by atoms with E-state index in [4.69, 9.17) is 5.26 Å². The highest BCUT2D eigenvalue weighted by atomic mass is 19.4. The van der Waals surface area contributed by atoms with E-state index in [9.17, 15) is 13.2 Å². The van der Waals surface area contributed by atoms with Crippen molar-refractivity contribution in [2.45, 2.75) is 51.7 Å². The number of rotatable bonds is 3. The molecule has 1 aliphatic carbocycles. The lowest BCUT2D eigenvalue weighted by atomic mass is 9.73. The monoisotopic (exact) mass is 248 g/mol. The second-order valence-corrected chi connectivity index (χ2v) is 5.42. The fraction of sp³-hybridized carbons (Fsp3) is 0.917. The summed E-state index contributed by atoms with van der Waals surface area (Å²) in [7, 11) is 0. The summed E-state index contributed by atoms with van der Waals surface area (Å²) in [4.78, 5) is 0. The third-order valence-electron chi connectivity index (χ3n) is 3.63. The second-order valence-electron chi connectivity index (χ2n) is 5.42. The van der Waals surface area contributed by atoms with Crippen LogP contribution < -0.4 is 5.32 Å². The molecule has 2 unspecified atom stereocenters. The van der Waals surface area contributed by atoms with Crippen molar-refractivity contribution >= 4 is 0 Å². The Hall–Kier alpha value is -0.760. The summed E-state index contributed by atoms with van der Waals surface area (Å²) >= 11 is 0. The van der Waals surface area contributed by atoms with Crippen LogP contribution in [0.2, 0.25) is 0 Å². The molecular formula is C12H19F3N2. The van der Waals surface area contributed by atoms with Crippen molar-refractivity contribution in [1.29, 1.82) is 5.26 Å². The van der Waals surface area contributed by atoms with Gasteiger partial charge in [-0.3, -0.25) is 0 Å². The normalized spacial score (nSPS) is 26.2. The zero-order valence-electron chi connectivity index (χ0n) is 10.3. The number of nitrogens with zero attached hydrogens (tertiary/aromatic N) is 1. The van der Waals surface area contributed by atoms with Gasteiger partial charge in [-0.05, 0) is 18.3 Å². The Bertz CT molecular complexity index is 291. The third kappa shape index (κ3) is 3.88. The second kappa shape index (κ2) is 5.26. The third-order valence-corrected chi connectivity index (χ3v) is 3.63. The first-order valence-electron chi connectivity index (χ1n) is 5.97. The van der Waals surface area contributed by atoms with E-state index in [0.29, 0.717) is 0 Å². The van der Waals surface area contributed by atoms with Crippen LogP contribution in [0, 0.1) is 22.7 Å². The number of hydrogen-bond acceptors (Lipinski definition) is 2. The maximum absolute atomic E-state index is 12.4. The van der Waals surface area contributed by atoms with Gasteiger partial charge in [-0.25, -0.2) is 0 Å². The molecule has 17 heavy (non-hydrogen) atoms. The first kappa shape index (κ1) is 14.3. The van der Waals surface area contributed by atoms with Gasteiger partial charge in [0.2, 0.25) is 0 Å². The summed E-state index contributed by atoms with van der Waals surface area (Å²) in [5.41, 5.74) is 0.0177. The van der Waals surface area contributed by atoms with Crippen LogP contribution in [0.5, 0.6) is 0 Å². The van der Waals surface area contributed by atoms with Crippen molar-refractivity contribution < 1.29 is 13.2 Å². The summed E-state index contributed by atoms with van der Waals surface area (Å²) in [6.07, 6.45) is -0.339. The highest BCUT2D eigenvalue weighted by Crippen LogP contribution is 2.35. The van der Waals surface area contributed by atoms with Gasteiger partial charge in [0.15, 0.2) is 5.92 Å². The molecule has 0 aliphatic heterocycles. The molecule has 0 spiro atoms. The van der Waals surface area contributed by atoms with Gasteiger partial charge in [-0.2, -0.15) is 18.4 Å². The smallest absolute Gasteiger partial charge is 0.312 e. The minimum absolute atomic E-state index is 0.0177. The average Bonchev–Trinajstić information content (AvgIpc) is 2.18. The van der Waals surface area contributed by atoms with E-state index in [2.05, 4.69) is 19.2 Å². The summed E-state index contributed by atoms with van der Waals surface area (Å²) in [5.74, 6) is -1.90.